The van der Waals surface area contributed by atoms with Gasteiger partial charge < -0.3 is 24.5 Å². The maximum absolute atomic E-state index is 12.8. The van der Waals surface area contributed by atoms with Crippen LogP contribution in [0.25, 0.3) is 0 Å². The molecule has 0 unspecified atom stereocenters. The smallest absolute Gasteiger partial charge is 0.416 e. The molecule has 1 amide bonds. The highest BCUT2D eigenvalue weighted by molar-refractivity contribution is 6.39. The van der Waals surface area contributed by atoms with E-state index in [0.717, 1.165) is 23.4 Å². The van der Waals surface area contributed by atoms with Gasteiger partial charge in [0.25, 0.3) is 5.91 Å². The molecule has 0 saturated carbocycles. The summed E-state index contributed by atoms with van der Waals surface area (Å²) in [5.74, 6) is 0.891. The summed E-state index contributed by atoms with van der Waals surface area (Å²) in [6, 6.07) is 10.6. The van der Waals surface area contributed by atoms with Crippen molar-refractivity contribution < 1.29 is 32.3 Å². The summed E-state index contributed by atoms with van der Waals surface area (Å²) in [7, 11) is 3.11. The number of rotatable bonds is 6. The number of carbonyl (C=O) groups is 1. The number of amides is 1. The predicted octanol–water partition coefficient (Wildman–Crippen LogP) is 4.15. The first-order chi connectivity index (χ1) is 16.2. The monoisotopic (exact) mass is 477 g/mol. The number of nitrogens with zero attached hydrogens (tertiary/aromatic N) is 2. The summed E-state index contributed by atoms with van der Waals surface area (Å²) in [5.41, 5.74) is 0.697. The van der Waals surface area contributed by atoms with E-state index in [-0.39, 0.29) is 5.91 Å². The van der Waals surface area contributed by atoms with E-state index in [1.54, 1.807) is 26.4 Å². The number of hydrogen-bond acceptors (Lipinski definition) is 6. The molecule has 7 nitrogen and oxygen atoms in total. The zero-order valence-corrected chi connectivity index (χ0v) is 18.9. The molecule has 0 aromatic heterocycles. The van der Waals surface area contributed by atoms with E-state index in [0.29, 0.717) is 56.1 Å². The lowest BCUT2D eigenvalue weighted by Crippen LogP contribution is -2.45. The number of benzene rings is 2. The lowest BCUT2D eigenvalue weighted by atomic mass is 9.86. The summed E-state index contributed by atoms with van der Waals surface area (Å²) in [4.78, 5) is 20.4. The first-order valence-electron chi connectivity index (χ1n) is 10.9. The molecule has 0 atom stereocenters. The van der Waals surface area contributed by atoms with Crippen molar-refractivity contribution in [3.63, 3.8) is 0 Å². The maximum atomic E-state index is 12.8. The highest BCUT2D eigenvalue weighted by Gasteiger charge is 2.43. The third kappa shape index (κ3) is 5.05. The molecule has 10 heteroatoms. The van der Waals surface area contributed by atoms with Crippen LogP contribution in [0.15, 0.2) is 47.6 Å². The van der Waals surface area contributed by atoms with Crippen molar-refractivity contribution in [3.8, 4) is 11.5 Å². The lowest BCUT2D eigenvalue weighted by molar-refractivity contribution is -0.137. The van der Waals surface area contributed by atoms with Crippen LogP contribution in [-0.2, 0) is 22.4 Å². The molecular formula is C24H26F3N3O4. The Hall–Kier alpha value is -3.43. The second kappa shape index (κ2) is 9.44. The largest absolute Gasteiger partial charge is 0.493 e. The molecule has 2 aliphatic heterocycles. The molecule has 2 heterocycles. The number of alkyl halides is 3. The van der Waals surface area contributed by atoms with Gasteiger partial charge in [-0.25, -0.2) is 0 Å². The Morgan fingerprint density at radius 3 is 2.38 bits per heavy atom. The molecule has 1 saturated heterocycles. The topological polar surface area (TPSA) is 72.4 Å². The number of methoxy groups -OCH3 is 2. The van der Waals surface area contributed by atoms with Crippen molar-refractivity contribution in [2.45, 2.75) is 37.6 Å². The molecule has 2 aliphatic rings. The third-order valence-corrected chi connectivity index (χ3v) is 6.24. The fourth-order valence-electron chi connectivity index (χ4n) is 4.22. The minimum Gasteiger partial charge on any atom is -0.493 e. The van der Waals surface area contributed by atoms with Crippen molar-refractivity contribution >= 4 is 17.3 Å². The van der Waals surface area contributed by atoms with Gasteiger partial charge in [0.2, 0.25) is 0 Å². The molecular weight excluding hydrogens is 451 g/mol. The summed E-state index contributed by atoms with van der Waals surface area (Å²) >= 11 is 0. The van der Waals surface area contributed by atoms with Gasteiger partial charge in [-0.1, -0.05) is 11.2 Å². The second-order valence-corrected chi connectivity index (χ2v) is 8.39. The van der Waals surface area contributed by atoms with Crippen molar-refractivity contribution in [2.75, 3.05) is 32.2 Å². The molecule has 4 rings (SSSR count). The first kappa shape index (κ1) is 23.7. The van der Waals surface area contributed by atoms with E-state index in [4.69, 9.17) is 14.3 Å². The number of piperidine rings is 1. The molecule has 2 aromatic carbocycles. The van der Waals surface area contributed by atoms with Gasteiger partial charge in [0, 0.05) is 44.6 Å². The number of halogens is 3. The molecule has 1 fully saturated rings. The Kier molecular flexibility index (Phi) is 6.58. The number of carbonyl (C=O) groups excluding carboxylic acids is 1. The van der Waals surface area contributed by atoms with E-state index < -0.39 is 17.3 Å². The molecule has 2 aromatic rings. The van der Waals surface area contributed by atoms with Gasteiger partial charge >= 0.3 is 6.18 Å². The number of nitrogens with one attached hydrogen (secondary N) is 1. The zero-order chi connectivity index (χ0) is 24.3. The van der Waals surface area contributed by atoms with Crippen molar-refractivity contribution in [3.05, 3.63) is 53.6 Å². The van der Waals surface area contributed by atoms with E-state index in [1.807, 2.05) is 11.0 Å². The predicted molar refractivity (Wildman–Crippen MR) is 120 cm³/mol. The number of ether oxygens (including phenoxy) is 2. The first-order valence-corrected chi connectivity index (χ1v) is 10.9. The van der Waals surface area contributed by atoms with Crippen LogP contribution in [0.1, 0.15) is 30.4 Å². The fourth-order valence-corrected chi connectivity index (χ4v) is 4.22. The van der Waals surface area contributed by atoms with E-state index in [1.165, 1.54) is 12.1 Å². The highest BCUT2D eigenvalue weighted by atomic mass is 19.4. The summed E-state index contributed by atoms with van der Waals surface area (Å²) in [6.45, 7) is 1.50. The average molecular weight is 477 g/mol. The zero-order valence-electron chi connectivity index (χ0n) is 18.9. The molecule has 34 heavy (non-hydrogen) atoms. The Morgan fingerprint density at radius 1 is 1.09 bits per heavy atom. The van der Waals surface area contributed by atoms with Crippen LogP contribution in [0.4, 0.5) is 18.9 Å². The molecule has 182 valence electrons. The van der Waals surface area contributed by atoms with Crippen LogP contribution in [0.2, 0.25) is 0 Å². The molecule has 1 N–H and O–H groups in total. The molecule has 0 bridgehead atoms. The highest BCUT2D eigenvalue weighted by Crippen LogP contribution is 2.37. The van der Waals surface area contributed by atoms with Crippen LogP contribution in [0.5, 0.6) is 11.5 Å². The van der Waals surface area contributed by atoms with Gasteiger partial charge in [-0.3, -0.25) is 4.79 Å². The van der Waals surface area contributed by atoms with Gasteiger partial charge in [-0.2, -0.15) is 13.2 Å². The Balaban J connectivity index is 1.29. The SMILES string of the molecule is COc1ccc(CNC(=O)C2=NOC3(CCN(c4ccc(C(F)(F)F)cc4)CC3)C2)cc1OC. The second-order valence-electron chi connectivity index (χ2n) is 8.39. The minimum absolute atomic E-state index is 0.295. The van der Waals surface area contributed by atoms with Gasteiger partial charge in [-0.15, -0.1) is 0 Å². The summed E-state index contributed by atoms with van der Waals surface area (Å²) in [5, 5.41) is 6.89. The van der Waals surface area contributed by atoms with Crippen molar-refractivity contribution in [1.29, 1.82) is 0 Å². The molecule has 0 radical (unpaired) electrons. The van der Waals surface area contributed by atoms with Crippen molar-refractivity contribution in [2.24, 2.45) is 5.16 Å². The Labute approximate surface area is 195 Å². The van der Waals surface area contributed by atoms with Gasteiger partial charge in [0.15, 0.2) is 11.5 Å². The number of hydrogen-bond donors (Lipinski definition) is 1. The molecule has 1 spiro atoms. The average Bonchev–Trinajstić information content (AvgIpc) is 3.26. The van der Waals surface area contributed by atoms with Crippen LogP contribution >= 0.6 is 0 Å². The lowest BCUT2D eigenvalue weighted by Gasteiger charge is -2.38. The fraction of sp³-hybridized carbons (Fsp3) is 0.417. The Bertz CT molecular complexity index is 1060. The molecule has 0 aliphatic carbocycles. The van der Waals surface area contributed by atoms with Gasteiger partial charge in [-0.05, 0) is 42.0 Å². The van der Waals surface area contributed by atoms with Crippen LogP contribution < -0.4 is 19.7 Å². The van der Waals surface area contributed by atoms with Gasteiger partial charge in [0.05, 0.1) is 19.8 Å². The number of anilines is 1. The summed E-state index contributed by atoms with van der Waals surface area (Å²) in [6.07, 6.45) is -2.73. The van der Waals surface area contributed by atoms with Crippen LogP contribution in [-0.4, -0.2) is 44.5 Å². The van der Waals surface area contributed by atoms with Crippen LogP contribution in [0.3, 0.4) is 0 Å². The van der Waals surface area contributed by atoms with E-state index in [9.17, 15) is 18.0 Å². The standard InChI is InChI=1S/C24H26F3N3O4/c1-32-20-8-3-16(13-21(20)33-2)15-28-22(31)19-14-23(34-29-19)9-11-30(12-10-23)18-6-4-17(5-7-18)24(25,26)27/h3-8,13H,9-12,14-15H2,1-2H3,(H,28,31). The third-order valence-electron chi connectivity index (χ3n) is 6.24. The minimum atomic E-state index is -4.35. The van der Waals surface area contributed by atoms with Gasteiger partial charge in [0.1, 0.15) is 11.3 Å². The quantitative estimate of drug-likeness (QED) is 0.677. The normalized spacial score (nSPS) is 17.2. The maximum Gasteiger partial charge on any atom is 0.416 e. The van der Waals surface area contributed by atoms with Crippen molar-refractivity contribution in [1.82, 2.24) is 5.32 Å². The van der Waals surface area contributed by atoms with E-state index in [2.05, 4.69) is 10.5 Å². The van der Waals surface area contributed by atoms with E-state index >= 15 is 0 Å². The number of oxime groups is 1. The summed E-state index contributed by atoms with van der Waals surface area (Å²) < 4.78 is 48.9. The Morgan fingerprint density at radius 2 is 1.76 bits per heavy atom. The van der Waals surface area contributed by atoms with Crippen LogP contribution in [0, 0.1) is 0 Å².